The minimum Gasteiger partial charge on any atom is -0.466 e. The summed E-state index contributed by atoms with van der Waals surface area (Å²) in [4.78, 5) is 12.1. The van der Waals surface area contributed by atoms with E-state index < -0.39 is 6.23 Å². The predicted molar refractivity (Wildman–Crippen MR) is 82.4 cm³/mol. The second kappa shape index (κ2) is 4.92. The van der Waals surface area contributed by atoms with Gasteiger partial charge in [0.15, 0.2) is 6.23 Å². The normalized spacial score (nSPS) is 17.7. The number of para-hydroxylation sites is 1. The van der Waals surface area contributed by atoms with Crippen molar-refractivity contribution in [2.24, 2.45) is 0 Å². The standard InChI is InChI=1S/C18H19NO2/c1-18(2,3)13-10-8-12(9-11-13)17-19-16(20)14-6-4-5-7-15(14)21-17/h4-11,17H,1-3H3,(H,19,20)/t17-/m1/s1. The van der Waals surface area contributed by atoms with Crippen LogP contribution in [0, 0.1) is 0 Å². The molecule has 3 heteroatoms. The maximum atomic E-state index is 12.1. The van der Waals surface area contributed by atoms with Crippen molar-refractivity contribution < 1.29 is 9.53 Å². The zero-order chi connectivity index (χ0) is 15.0. The fraction of sp³-hybridized carbons (Fsp3) is 0.278. The van der Waals surface area contributed by atoms with E-state index in [1.165, 1.54) is 5.56 Å². The third-order valence-electron chi connectivity index (χ3n) is 3.72. The summed E-state index contributed by atoms with van der Waals surface area (Å²) in [7, 11) is 0. The molecule has 3 rings (SSSR count). The van der Waals surface area contributed by atoms with Gasteiger partial charge in [-0.05, 0) is 23.1 Å². The molecule has 1 atom stereocenters. The van der Waals surface area contributed by atoms with E-state index in [1.807, 2.05) is 30.3 Å². The molecule has 1 aliphatic heterocycles. The first-order valence-corrected chi connectivity index (χ1v) is 7.12. The molecule has 0 saturated carbocycles. The Balaban J connectivity index is 1.88. The van der Waals surface area contributed by atoms with Gasteiger partial charge in [0, 0.05) is 5.56 Å². The van der Waals surface area contributed by atoms with Gasteiger partial charge < -0.3 is 10.1 Å². The van der Waals surface area contributed by atoms with Gasteiger partial charge in [-0.15, -0.1) is 0 Å². The van der Waals surface area contributed by atoms with E-state index in [1.54, 1.807) is 6.07 Å². The summed E-state index contributed by atoms with van der Waals surface area (Å²) >= 11 is 0. The molecule has 2 aromatic carbocycles. The Bertz CT molecular complexity index is 668. The number of fused-ring (bicyclic) bond motifs is 1. The maximum absolute atomic E-state index is 12.1. The molecule has 1 amide bonds. The van der Waals surface area contributed by atoms with Crippen molar-refractivity contribution in [3.63, 3.8) is 0 Å². The lowest BCUT2D eigenvalue weighted by Gasteiger charge is -2.27. The van der Waals surface area contributed by atoms with Gasteiger partial charge in [-0.2, -0.15) is 0 Å². The molecule has 108 valence electrons. The van der Waals surface area contributed by atoms with Gasteiger partial charge in [0.1, 0.15) is 5.75 Å². The van der Waals surface area contributed by atoms with Crippen molar-refractivity contribution in [1.29, 1.82) is 0 Å². The number of benzene rings is 2. The first kappa shape index (κ1) is 13.7. The highest BCUT2D eigenvalue weighted by Crippen LogP contribution is 2.30. The highest BCUT2D eigenvalue weighted by atomic mass is 16.5. The number of ether oxygens (including phenoxy) is 1. The molecule has 0 radical (unpaired) electrons. The molecule has 2 aromatic rings. The summed E-state index contributed by atoms with van der Waals surface area (Å²) in [5.74, 6) is 0.535. The minimum absolute atomic E-state index is 0.0956. The fourth-order valence-electron chi connectivity index (χ4n) is 2.42. The molecule has 0 aliphatic carbocycles. The fourth-order valence-corrected chi connectivity index (χ4v) is 2.42. The Labute approximate surface area is 124 Å². The monoisotopic (exact) mass is 281 g/mol. The molecule has 0 bridgehead atoms. The van der Waals surface area contributed by atoms with Gasteiger partial charge in [-0.3, -0.25) is 4.79 Å². The van der Waals surface area contributed by atoms with Gasteiger partial charge >= 0.3 is 0 Å². The number of rotatable bonds is 1. The van der Waals surface area contributed by atoms with Crippen molar-refractivity contribution in [3.05, 3.63) is 65.2 Å². The first-order chi connectivity index (χ1) is 9.95. The van der Waals surface area contributed by atoms with E-state index in [2.05, 4.69) is 38.2 Å². The Hall–Kier alpha value is -2.29. The summed E-state index contributed by atoms with van der Waals surface area (Å²) in [6, 6.07) is 15.5. The van der Waals surface area contributed by atoms with Crippen LogP contribution < -0.4 is 10.1 Å². The quantitative estimate of drug-likeness (QED) is 0.863. The van der Waals surface area contributed by atoms with E-state index in [9.17, 15) is 4.79 Å². The molecule has 0 aromatic heterocycles. The van der Waals surface area contributed by atoms with Crippen molar-refractivity contribution in [1.82, 2.24) is 5.32 Å². The summed E-state index contributed by atoms with van der Waals surface area (Å²) in [6.45, 7) is 6.53. The topological polar surface area (TPSA) is 38.3 Å². The second-order valence-electron chi connectivity index (χ2n) is 6.34. The Morgan fingerprint density at radius 1 is 1.00 bits per heavy atom. The lowest BCUT2D eigenvalue weighted by molar-refractivity contribution is 0.0756. The third-order valence-corrected chi connectivity index (χ3v) is 3.72. The number of hydrogen-bond acceptors (Lipinski definition) is 2. The van der Waals surface area contributed by atoms with Gasteiger partial charge in [-0.25, -0.2) is 0 Å². The molecule has 0 saturated heterocycles. The average Bonchev–Trinajstić information content (AvgIpc) is 2.46. The number of carbonyl (C=O) groups is 1. The number of carbonyl (C=O) groups excluding carboxylic acids is 1. The molecular formula is C18H19NO2. The van der Waals surface area contributed by atoms with Gasteiger partial charge in [0.2, 0.25) is 0 Å². The van der Waals surface area contributed by atoms with Crippen molar-refractivity contribution in [2.45, 2.75) is 32.4 Å². The number of amides is 1. The van der Waals surface area contributed by atoms with Gasteiger partial charge in [-0.1, -0.05) is 57.2 Å². The second-order valence-corrected chi connectivity index (χ2v) is 6.34. The summed E-state index contributed by atoms with van der Waals surface area (Å²) < 4.78 is 5.88. The van der Waals surface area contributed by atoms with Crippen LogP contribution in [0.15, 0.2) is 48.5 Å². The van der Waals surface area contributed by atoms with Crippen molar-refractivity contribution >= 4 is 5.91 Å². The predicted octanol–water partition coefficient (Wildman–Crippen LogP) is 3.81. The molecule has 1 aliphatic rings. The largest absolute Gasteiger partial charge is 0.466 e. The molecule has 21 heavy (non-hydrogen) atoms. The van der Waals surface area contributed by atoms with E-state index in [0.29, 0.717) is 11.3 Å². The highest BCUT2D eigenvalue weighted by Gasteiger charge is 2.26. The molecule has 0 spiro atoms. The molecule has 0 unspecified atom stereocenters. The van der Waals surface area contributed by atoms with E-state index in [-0.39, 0.29) is 11.3 Å². The van der Waals surface area contributed by atoms with Crippen molar-refractivity contribution in [3.8, 4) is 5.75 Å². The van der Waals surface area contributed by atoms with Crippen LogP contribution >= 0.6 is 0 Å². The zero-order valence-corrected chi connectivity index (χ0v) is 12.5. The molecule has 3 nitrogen and oxygen atoms in total. The van der Waals surface area contributed by atoms with Crippen LogP contribution in [0.1, 0.15) is 48.5 Å². The average molecular weight is 281 g/mol. The van der Waals surface area contributed by atoms with Crippen LogP contribution in [0.4, 0.5) is 0 Å². The Morgan fingerprint density at radius 2 is 1.67 bits per heavy atom. The third kappa shape index (κ3) is 2.64. The van der Waals surface area contributed by atoms with E-state index in [4.69, 9.17) is 4.74 Å². The molecule has 1 heterocycles. The van der Waals surface area contributed by atoms with E-state index in [0.717, 1.165) is 5.56 Å². The Kier molecular flexibility index (Phi) is 3.20. The molecular weight excluding hydrogens is 262 g/mol. The van der Waals surface area contributed by atoms with Crippen LogP contribution in [-0.2, 0) is 5.41 Å². The van der Waals surface area contributed by atoms with Crippen molar-refractivity contribution in [2.75, 3.05) is 0 Å². The van der Waals surface area contributed by atoms with Crippen LogP contribution in [0.5, 0.6) is 5.75 Å². The SMILES string of the molecule is CC(C)(C)c1ccc([C@@H]2NC(=O)c3ccccc3O2)cc1. The lowest BCUT2D eigenvalue weighted by atomic mass is 9.86. The number of hydrogen-bond donors (Lipinski definition) is 1. The lowest BCUT2D eigenvalue weighted by Crippen LogP contribution is -2.36. The zero-order valence-electron chi connectivity index (χ0n) is 12.5. The minimum atomic E-state index is -0.429. The summed E-state index contributed by atoms with van der Waals surface area (Å²) in [6.07, 6.45) is -0.429. The first-order valence-electron chi connectivity index (χ1n) is 7.12. The van der Waals surface area contributed by atoms with Crippen LogP contribution in [-0.4, -0.2) is 5.91 Å². The molecule has 0 fully saturated rings. The van der Waals surface area contributed by atoms with Gasteiger partial charge in [0.25, 0.3) is 5.91 Å². The summed E-state index contributed by atoms with van der Waals surface area (Å²) in [5.41, 5.74) is 2.90. The van der Waals surface area contributed by atoms with Crippen LogP contribution in [0.2, 0.25) is 0 Å². The van der Waals surface area contributed by atoms with E-state index >= 15 is 0 Å². The van der Waals surface area contributed by atoms with Gasteiger partial charge in [0.05, 0.1) is 5.56 Å². The highest BCUT2D eigenvalue weighted by molar-refractivity contribution is 5.97. The van der Waals surface area contributed by atoms with Crippen LogP contribution in [0.25, 0.3) is 0 Å². The van der Waals surface area contributed by atoms with Crippen LogP contribution in [0.3, 0.4) is 0 Å². The Morgan fingerprint density at radius 3 is 2.33 bits per heavy atom. The molecule has 1 N–H and O–H groups in total. The summed E-state index contributed by atoms with van der Waals surface area (Å²) in [5, 5.41) is 2.89. The number of nitrogens with one attached hydrogen (secondary N) is 1. The smallest absolute Gasteiger partial charge is 0.258 e. The maximum Gasteiger partial charge on any atom is 0.258 e.